The number of fused-ring (bicyclic) bond motifs is 1. The lowest BCUT2D eigenvalue weighted by molar-refractivity contribution is -0.118. The summed E-state index contributed by atoms with van der Waals surface area (Å²) in [6.45, 7) is 0. The van der Waals surface area contributed by atoms with Crippen molar-refractivity contribution >= 4 is 34.6 Å². The number of benzene rings is 1. The monoisotopic (exact) mass is 314 g/mol. The topological polar surface area (TPSA) is 51.1 Å². The molecule has 5 nitrogen and oxygen atoms in total. The van der Waals surface area contributed by atoms with E-state index in [0.29, 0.717) is 22.9 Å². The van der Waals surface area contributed by atoms with Gasteiger partial charge >= 0.3 is 0 Å². The van der Waals surface area contributed by atoms with E-state index in [1.807, 2.05) is 18.2 Å². The number of thiocarbonyl (C=S) groups is 1. The first-order chi connectivity index (χ1) is 10.7. The fourth-order valence-electron chi connectivity index (χ4n) is 2.43. The fraction of sp³-hybridized carbons (Fsp3) is 0.188. The first-order valence-electron chi connectivity index (χ1n) is 6.69. The molecule has 1 heterocycles. The zero-order valence-electron chi connectivity index (χ0n) is 12.1. The van der Waals surface area contributed by atoms with Crippen molar-refractivity contribution in [3.63, 3.8) is 0 Å². The molecule has 1 aliphatic carbocycles. The average molecular weight is 314 g/mol. The highest BCUT2D eigenvalue weighted by atomic mass is 32.1. The Hall–Kier alpha value is -2.47. The fourth-order valence-corrected chi connectivity index (χ4v) is 2.73. The smallest absolute Gasteiger partial charge is 0.246 e. The molecule has 1 aromatic rings. The summed E-state index contributed by atoms with van der Waals surface area (Å²) >= 11 is 5.30. The molecule has 0 bridgehead atoms. The van der Waals surface area contributed by atoms with Gasteiger partial charge in [-0.1, -0.05) is 18.2 Å². The Bertz CT molecular complexity index is 737. The summed E-state index contributed by atoms with van der Waals surface area (Å²) in [6, 6.07) is 5.21. The molecule has 1 unspecified atom stereocenters. The lowest BCUT2D eigenvalue weighted by Crippen LogP contribution is -2.46. The molecule has 112 valence electrons. The van der Waals surface area contributed by atoms with E-state index in [4.69, 9.17) is 21.7 Å². The Balaban J connectivity index is 2.10. The molecule has 0 spiro atoms. The van der Waals surface area contributed by atoms with E-state index in [-0.39, 0.29) is 11.0 Å². The van der Waals surface area contributed by atoms with Crippen LogP contribution in [0.1, 0.15) is 0 Å². The van der Waals surface area contributed by atoms with Crippen molar-refractivity contribution in [3.8, 4) is 11.5 Å². The molecule has 0 saturated heterocycles. The number of allylic oxidation sites excluding steroid dienone is 3. The van der Waals surface area contributed by atoms with Crippen molar-refractivity contribution in [2.24, 2.45) is 10.9 Å². The van der Waals surface area contributed by atoms with E-state index < -0.39 is 5.92 Å². The van der Waals surface area contributed by atoms with Crippen molar-refractivity contribution in [1.29, 1.82) is 0 Å². The summed E-state index contributed by atoms with van der Waals surface area (Å²) in [6.07, 6.45) is 7.28. The maximum Gasteiger partial charge on any atom is 0.246 e. The number of aliphatic imine (C=N–C) groups is 1. The van der Waals surface area contributed by atoms with Crippen molar-refractivity contribution in [3.05, 3.63) is 42.5 Å². The minimum atomic E-state index is -0.424. The van der Waals surface area contributed by atoms with Gasteiger partial charge in [0.15, 0.2) is 0 Å². The zero-order valence-corrected chi connectivity index (χ0v) is 13.0. The minimum absolute atomic E-state index is 0.151. The minimum Gasteiger partial charge on any atom is -0.497 e. The van der Waals surface area contributed by atoms with Crippen LogP contribution in [-0.4, -0.2) is 31.0 Å². The van der Waals surface area contributed by atoms with Gasteiger partial charge in [-0.05, 0) is 30.4 Å². The molecule has 1 aromatic carbocycles. The maximum atomic E-state index is 12.8. The van der Waals surface area contributed by atoms with E-state index in [9.17, 15) is 4.79 Å². The molecule has 1 amide bonds. The van der Waals surface area contributed by atoms with E-state index in [0.717, 1.165) is 0 Å². The van der Waals surface area contributed by atoms with Gasteiger partial charge in [-0.2, -0.15) is 0 Å². The van der Waals surface area contributed by atoms with Crippen LogP contribution in [0.5, 0.6) is 11.5 Å². The van der Waals surface area contributed by atoms with Crippen LogP contribution in [0.3, 0.4) is 0 Å². The quantitative estimate of drug-likeness (QED) is 0.805. The highest BCUT2D eigenvalue weighted by molar-refractivity contribution is 7.80. The van der Waals surface area contributed by atoms with Gasteiger partial charge < -0.3 is 9.47 Å². The highest BCUT2D eigenvalue weighted by Crippen LogP contribution is 2.35. The first-order valence-corrected chi connectivity index (χ1v) is 7.10. The number of nitrogens with zero attached hydrogens (tertiary/aromatic N) is 2. The van der Waals surface area contributed by atoms with Gasteiger partial charge in [0.1, 0.15) is 11.5 Å². The van der Waals surface area contributed by atoms with Crippen LogP contribution in [0.4, 0.5) is 5.69 Å². The van der Waals surface area contributed by atoms with Crippen LogP contribution >= 0.6 is 12.2 Å². The number of carbonyl (C=O) groups is 1. The van der Waals surface area contributed by atoms with Gasteiger partial charge in [0.25, 0.3) is 0 Å². The van der Waals surface area contributed by atoms with Gasteiger partial charge in [0.2, 0.25) is 11.0 Å². The third kappa shape index (κ3) is 2.31. The number of amides is 1. The molecule has 0 saturated carbocycles. The van der Waals surface area contributed by atoms with E-state index in [2.05, 4.69) is 4.99 Å². The van der Waals surface area contributed by atoms with Crippen LogP contribution in [0.2, 0.25) is 0 Å². The number of hydrogen-bond acceptors (Lipinski definition) is 4. The maximum absolute atomic E-state index is 12.8. The third-order valence-electron chi connectivity index (χ3n) is 3.53. The Morgan fingerprint density at radius 3 is 2.77 bits per heavy atom. The number of methoxy groups -OCH3 is 2. The second kappa shape index (κ2) is 5.73. The van der Waals surface area contributed by atoms with E-state index in [1.54, 1.807) is 38.5 Å². The largest absolute Gasteiger partial charge is 0.497 e. The molecule has 22 heavy (non-hydrogen) atoms. The Kier molecular flexibility index (Phi) is 3.77. The van der Waals surface area contributed by atoms with Crippen LogP contribution in [0, 0.1) is 5.92 Å². The van der Waals surface area contributed by atoms with Gasteiger partial charge in [-0.3, -0.25) is 9.69 Å². The Morgan fingerprint density at radius 2 is 2.05 bits per heavy atom. The lowest BCUT2D eigenvalue weighted by Gasteiger charge is -2.31. The second-order valence-corrected chi connectivity index (χ2v) is 5.12. The van der Waals surface area contributed by atoms with Crippen molar-refractivity contribution in [2.45, 2.75) is 0 Å². The van der Waals surface area contributed by atoms with E-state index in [1.165, 1.54) is 4.90 Å². The standard InChI is InChI=1S/C16H14N2O3S/c1-20-10-7-8-14(21-2)13(9-10)18-15(19)11-5-3-4-6-12(11)17-16(18)22/h3-9,11H,1-2H3. The molecular weight excluding hydrogens is 300 g/mol. The normalized spacial score (nSPS) is 19.8. The van der Waals surface area contributed by atoms with Crippen LogP contribution in [0.25, 0.3) is 0 Å². The van der Waals surface area contributed by atoms with Crippen LogP contribution in [0.15, 0.2) is 47.5 Å². The molecule has 0 aromatic heterocycles. The molecule has 3 rings (SSSR count). The molecule has 1 atom stereocenters. The zero-order chi connectivity index (χ0) is 15.7. The van der Waals surface area contributed by atoms with Gasteiger partial charge in [0, 0.05) is 6.07 Å². The van der Waals surface area contributed by atoms with Crippen molar-refractivity contribution in [2.75, 3.05) is 19.1 Å². The number of ether oxygens (including phenoxy) is 2. The average Bonchev–Trinajstić information content (AvgIpc) is 2.54. The number of hydrogen-bond donors (Lipinski definition) is 0. The molecule has 0 N–H and O–H groups in total. The second-order valence-electron chi connectivity index (χ2n) is 4.75. The summed E-state index contributed by atoms with van der Waals surface area (Å²) in [4.78, 5) is 18.6. The summed E-state index contributed by atoms with van der Waals surface area (Å²) in [5, 5.41) is 0.197. The summed E-state index contributed by atoms with van der Waals surface area (Å²) < 4.78 is 10.6. The summed E-state index contributed by atoms with van der Waals surface area (Å²) in [5.41, 5.74) is 1.19. The number of anilines is 1. The Labute approximate surface area is 133 Å². The SMILES string of the molecule is COc1ccc(OC)c(N2C(=O)C3C=CC=CC3=NC2=S)c1. The molecule has 2 aliphatic rings. The lowest BCUT2D eigenvalue weighted by atomic mass is 9.95. The predicted octanol–water partition coefficient (Wildman–Crippen LogP) is 2.52. The molecular formula is C16H14N2O3S. The number of carbonyl (C=O) groups excluding carboxylic acids is 1. The highest BCUT2D eigenvalue weighted by Gasteiger charge is 2.36. The predicted molar refractivity (Wildman–Crippen MR) is 88.8 cm³/mol. The van der Waals surface area contributed by atoms with Gasteiger partial charge in [0.05, 0.1) is 31.5 Å². The Morgan fingerprint density at radius 1 is 1.23 bits per heavy atom. The van der Waals surface area contributed by atoms with E-state index >= 15 is 0 Å². The summed E-state index contributed by atoms with van der Waals surface area (Å²) in [7, 11) is 3.10. The van der Waals surface area contributed by atoms with Gasteiger partial charge in [-0.15, -0.1) is 0 Å². The van der Waals surface area contributed by atoms with Crippen molar-refractivity contribution in [1.82, 2.24) is 0 Å². The third-order valence-corrected chi connectivity index (χ3v) is 3.80. The molecule has 0 fully saturated rings. The molecule has 0 radical (unpaired) electrons. The first kappa shape index (κ1) is 14.5. The van der Waals surface area contributed by atoms with Crippen LogP contribution in [-0.2, 0) is 4.79 Å². The molecule has 1 aliphatic heterocycles. The molecule has 6 heteroatoms. The van der Waals surface area contributed by atoms with Gasteiger partial charge in [-0.25, -0.2) is 4.99 Å². The van der Waals surface area contributed by atoms with Crippen molar-refractivity contribution < 1.29 is 14.3 Å². The number of rotatable bonds is 3. The summed E-state index contributed by atoms with van der Waals surface area (Å²) in [5.74, 6) is 0.570. The van der Waals surface area contributed by atoms with Crippen LogP contribution < -0.4 is 14.4 Å².